The molecule has 2 aromatic heterocycles. The van der Waals surface area contributed by atoms with Crippen LogP contribution in [-0.2, 0) is 6.54 Å². The van der Waals surface area contributed by atoms with Crippen molar-refractivity contribution in [2.45, 2.75) is 56.9 Å². The maximum absolute atomic E-state index is 13.6. The quantitative estimate of drug-likeness (QED) is 0.616. The summed E-state index contributed by atoms with van der Waals surface area (Å²) in [6.07, 6.45) is 1.90. The van der Waals surface area contributed by atoms with Crippen molar-refractivity contribution in [3.63, 3.8) is 0 Å². The van der Waals surface area contributed by atoms with Crippen LogP contribution in [0.1, 0.15) is 61.7 Å². The van der Waals surface area contributed by atoms with Gasteiger partial charge in [-0.2, -0.15) is 5.10 Å². The fourth-order valence-corrected chi connectivity index (χ4v) is 5.20. The summed E-state index contributed by atoms with van der Waals surface area (Å²) in [4.78, 5) is 22.5. The van der Waals surface area contributed by atoms with Crippen molar-refractivity contribution in [1.82, 2.24) is 24.5 Å². The Labute approximate surface area is 189 Å². The molecule has 0 bridgehead atoms. The Hall–Kier alpha value is -2.32. The molecule has 1 saturated carbocycles. The van der Waals surface area contributed by atoms with Crippen LogP contribution in [0.3, 0.4) is 0 Å². The molecular weight excluding hydrogens is 436 g/mol. The third-order valence-electron chi connectivity index (χ3n) is 6.89. The molecule has 3 aromatic rings. The van der Waals surface area contributed by atoms with Gasteiger partial charge < -0.3 is 4.98 Å². The van der Waals surface area contributed by atoms with Gasteiger partial charge in [-0.3, -0.25) is 9.69 Å². The lowest BCUT2D eigenvalue weighted by atomic mass is 9.86. The normalized spacial score (nSPS) is 24.4. The Morgan fingerprint density at radius 2 is 1.91 bits per heavy atom. The molecule has 2 unspecified atom stereocenters. The Balaban J connectivity index is 1.39. The van der Waals surface area contributed by atoms with E-state index in [4.69, 9.17) is 16.7 Å². The highest BCUT2D eigenvalue weighted by atomic mass is 35.5. The van der Waals surface area contributed by atoms with E-state index >= 15 is 0 Å². The highest BCUT2D eigenvalue weighted by Gasteiger charge is 2.37. The Morgan fingerprint density at radius 3 is 2.62 bits per heavy atom. The average molecular weight is 462 g/mol. The number of alkyl halides is 2. The topological polar surface area (TPSA) is 66.3 Å². The summed E-state index contributed by atoms with van der Waals surface area (Å²) in [5.74, 6) is -1.08. The number of fused-ring (bicyclic) bond motifs is 1. The van der Waals surface area contributed by atoms with E-state index in [1.54, 1.807) is 4.52 Å². The number of likely N-dealkylation sites (tertiary alicyclic amines) is 1. The fourth-order valence-electron chi connectivity index (χ4n) is 5.08. The average Bonchev–Trinajstić information content (AvgIpc) is 3.33. The molecule has 1 aromatic carbocycles. The minimum Gasteiger partial charge on any atom is -0.307 e. The Bertz CT molecular complexity index is 1170. The first-order chi connectivity index (χ1) is 15.3. The van der Waals surface area contributed by atoms with Crippen LogP contribution in [0, 0.1) is 5.92 Å². The third kappa shape index (κ3) is 4.18. The predicted molar refractivity (Wildman–Crippen MR) is 118 cm³/mol. The van der Waals surface area contributed by atoms with Crippen LogP contribution in [0.5, 0.6) is 0 Å². The van der Waals surface area contributed by atoms with Gasteiger partial charge in [0.1, 0.15) is 11.6 Å². The first-order valence-corrected chi connectivity index (χ1v) is 11.5. The van der Waals surface area contributed by atoms with E-state index in [-0.39, 0.29) is 30.2 Å². The highest BCUT2D eigenvalue weighted by Crippen LogP contribution is 2.40. The molecule has 0 spiro atoms. The van der Waals surface area contributed by atoms with Gasteiger partial charge in [-0.05, 0) is 36.5 Å². The molecule has 2 aliphatic rings. The van der Waals surface area contributed by atoms with Crippen LogP contribution in [-0.4, -0.2) is 43.5 Å². The number of hydrogen-bond acceptors (Lipinski definition) is 4. The van der Waals surface area contributed by atoms with Crippen LogP contribution in [0.15, 0.2) is 35.3 Å². The van der Waals surface area contributed by atoms with Crippen molar-refractivity contribution in [3.05, 3.63) is 63.1 Å². The molecule has 0 radical (unpaired) electrons. The predicted octanol–water partition coefficient (Wildman–Crippen LogP) is 4.60. The van der Waals surface area contributed by atoms with Gasteiger partial charge in [0, 0.05) is 49.3 Å². The van der Waals surface area contributed by atoms with Crippen molar-refractivity contribution in [1.29, 1.82) is 0 Å². The lowest BCUT2D eigenvalue weighted by Gasteiger charge is -2.27. The number of H-pyrrole nitrogens is 1. The van der Waals surface area contributed by atoms with Gasteiger partial charge in [0.25, 0.3) is 5.56 Å². The summed E-state index contributed by atoms with van der Waals surface area (Å²) in [5.41, 5.74) is 1.31. The molecule has 170 valence electrons. The minimum absolute atomic E-state index is 0.0744. The van der Waals surface area contributed by atoms with E-state index in [1.165, 1.54) is 11.8 Å². The fraction of sp³-hybridized carbons (Fsp3) is 0.522. The van der Waals surface area contributed by atoms with Crippen LogP contribution in [0.25, 0.3) is 5.52 Å². The zero-order valence-electron chi connectivity index (χ0n) is 17.9. The van der Waals surface area contributed by atoms with Crippen LogP contribution >= 0.6 is 11.6 Å². The van der Waals surface area contributed by atoms with Crippen molar-refractivity contribution >= 4 is 17.1 Å². The molecule has 1 aliphatic carbocycles. The van der Waals surface area contributed by atoms with Crippen molar-refractivity contribution in [3.8, 4) is 0 Å². The first-order valence-electron chi connectivity index (χ1n) is 11.1. The number of hydrogen-bond donors (Lipinski definition) is 1. The minimum atomic E-state index is -2.60. The van der Waals surface area contributed by atoms with Gasteiger partial charge in [-0.1, -0.05) is 30.7 Å². The number of halogens is 3. The maximum atomic E-state index is 13.6. The van der Waals surface area contributed by atoms with Crippen molar-refractivity contribution in [2.24, 2.45) is 5.92 Å². The Morgan fingerprint density at radius 1 is 1.19 bits per heavy atom. The summed E-state index contributed by atoms with van der Waals surface area (Å²) >= 11 is 5.99. The first kappa shape index (κ1) is 21.5. The molecule has 0 amide bonds. The molecule has 9 heteroatoms. The smallest absolute Gasteiger partial charge is 0.276 e. The van der Waals surface area contributed by atoms with Gasteiger partial charge in [-0.25, -0.2) is 18.3 Å². The summed E-state index contributed by atoms with van der Waals surface area (Å²) in [6.45, 7) is 4.63. The second-order valence-electron chi connectivity index (χ2n) is 9.29. The monoisotopic (exact) mass is 461 g/mol. The molecule has 5 rings (SSSR count). The molecule has 1 N–H and O–H groups in total. The van der Waals surface area contributed by atoms with Gasteiger partial charge in [0.2, 0.25) is 5.92 Å². The van der Waals surface area contributed by atoms with Gasteiger partial charge in [0.05, 0.1) is 6.20 Å². The van der Waals surface area contributed by atoms with E-state index in [1.807, 2.05) is 24.3 Å². The standard InChI is InChI=1S/C23H26ClF2N5O/c1-14-11-30(12-15-2-4-17(24)5-3-15)13-18(14)20-28-22(32)19-10-27-21(31(19)29-20)16-6-8-23(25,26)9-7-16/h2-5,10,14,16,18H,6-9,11-13H2,1H3,(H,28,29,32). The molecule has 32 heavy (non-hydrogen) atoms. The van der Waals surface area contributed by atoms with Gasteiger partial charge >= 0.3 is 0 Å². The SMILES string of the molecule is CC1CN(Cc2ccc(Cl)cc2)CC1c1nn2c(C3CCC(F)(F)CC3)ncc2c(=O)[nH]1. The molecule has 2 fully saturated rings. The highest BCUT2D eigenvalue weighted by molar-refractivity contribution is 6.30. The molecular formula is C23H26ClF2N5O. The van der Waals surface area contributed by atoms with Crippen LogP contribution in [0.2, 0.25) is 5.02 Å². The van der Waals surface area contributed by atoms with Crippen LogP contribution < -0.4 is 5.56 Å². The number of nitrogens with zero attached hydrogens (tertiary/aromatic N) is 4. The number of aromatic nitrogens is 4. The maximum Gasteiger partial charge on any atom is 0.276 e. The largest absolute Gasteiger partial charge is 0.307 e. The van der Waals surface area contributed by atoms with Gasteiger partial charge in [-0.15, -0.1) is 0 Å². The van der Waals surface area contributed by atoms with E-state index in [2.05, 4.69) is 21.8 Å². The molecule has 2 atom stereocenters. The molecule has 3 heterocycles. The second kappa shape index (κ2) is 8.23. The Kier molecular flexibility index (Phi) is 5.53. The number of imidazole rings is 1. The molecule has 6 nitrogen and oxygen atoms in total. The zero-order chi connectivity index (χ0) is 22.5. The number of rotatable bonds is 4. The van der Waals surface area contributed by atoms with Crippen LogP contribution in [0.4, 0.5) is 8.78 Å². The van der Waals surface area contributed by atoms with Gasteiger partial charge in [0.15, 0.2) is 5.52 Å². The third-order valence-corrected chi connectivity index (χ3v) is 7.14. The zero-order valence-corrected chi connectivity index (χ0v) is 18.7. The van der Waals surface area contributed by atoms with E-state index in [0.717, 1.165) is 19.6 Å². The summed E-state index contributed by atoms with van der Waals surface area (Å²) in [5, 5.41) is 5.48. The molecule has 1 saturated heterocycles. The number of aromatic amines is 1. The lowest BCUT2D eigenvalue weighted by Crippen LogP contribution is -2.26. The molecule has 1 aliphatic heterocycles. The lowest BCUT2D eigenvalue weighted by molar-refractivity contribution is -0.0388. The second-order valence-corrected chi connectivity index (χ2v) is 9.72. The summed E-state index contributed by atoms with van der Waals surface area (Å²) in [6, 6.07) is 7.83. The van der Waals surface area contributed by atoms with E-state index < -0.39 is 5.92 Å². The number of benzene rings is 1. The number of nitrogens with one attached hydrogen (secondary N) is 1. The summed E-state index contributed by atoms with van der Waals surface area (Å²) < 4.78 is 28.8. The van der Waals surface area contributed by atoms with E-state index in [0.29, 0.717) is 40.9 Å². The van der Waals surface area contributed by atoms with Crippen molar-refractivity contribution < 1.29 is 8.78 Å². The van der Waals surface area contributed by atoms with Crippen molar-refractivity contribution in [2.75, 3.05) is 13.1 Å². The van der Waals surface area contributed by atoms with E-state index in [9.17, 15) is 13.6 Å². The summed E-state index contributed by atoms with van der Waals surface area (Å²) in [7, 11) is 0.